The summed E-state index contributed by atoms with van der Waals surface area (Å²) in [6, 6.07) is 11.6. The highest BCUT2D eigenvalue weighted by molar-refractivity contribution is 7.92. The number of nitrogens with one attached hydrogen (secondary N) is 1. The van der Waals surface area contributed by atoms with Crippen LogP contribution in [0, 0.1) is 5.82 Å². The Balaban J connectivity index is 2.10. The SMILES string of the molecule is COc1cc(NS(=O)(=O)c2cccc(F)c2)c2ncccc2c1. The molecule has 0 amide bonds. The Bertz CT molecular complexity index is 974. The monoisotopic (exact) mass is 332 g/mol. The fraction of sp³-hybridized carbons (Fsp3) is 0.0625. The van der Waals surface area contributed by atoms with E-state index in [0.717, 1.165) is 11.5 Å². The number of aromatic nitrogens is 1. The second-order valence-corrected chi connectivity index (χ2v) is 6.50. The Hall–Kier alpha value is -2.67. The average molecular weight is 332 g/mol. The van der Waals surface area contributed by atoms with E-state index in [2.05, 4.69) is 9.71 Å². The third-order valence-electron chi connectivity index (χ3n) is 3.26. The van der Waals surface area contributed by atoms with Gasteiger partial charge in [-0.15, -0.1) is 0 Å². The van der Waals surface area contributed by atoms with Crippen LogP contribution in [0.4, 0.5) is 10.1 Å². The van der Waals surface area contributed by atoms with Crippen LogP contribution in [0.25, 0.3) is 10.9 Å². The summed E-state index contributed by atoms with van der Waals surface area (Å²) >= 11 is 0. The molecule has 0 fully saturated rings. The number of hydrogen-bond donors (Lipinski definition) is 1. The predicted octanol–water partition coefficient (Wildman–Crippen LogP) is 3.18. The third-order valence-corrected chi connectivity index (χ3v) is 4.63. The standard InChI is InChI=1S/C16H13FN2O3S/c1-22-13-8-11-4-3-7-18-16(11)15(10-13)19-23(20,21)14-6-2-5-12(17)9-14/h2-10,19H,1H3. The van der Waals surface area contributed by atoms with Gasteiger partial charge in [0, 0.05) is 17.6 Å². The summed E-state index contributed by atoms with van der Waals surface area (Å²) < 4.78 is 45.8. The van der Waals surface area contributed by atoms with Gasteiger partial charge in [-0.05, 0) is 30.3 Å². The van der Waals surface area contributed by atoms with Gasteiger partial charge in [-0.3, -0.25) is 9.71 Å². The largest absolute Gasteiger partial charge is 0.497 e. The highest BCUT2D eigenvalue weighted by Crippen LogP contribution is 2.29. The molecule has 0 atom stereocenters. The van der Waals surface area contributed by atoms with Gasteiger partial charge in [0.15, 0.2) is 0 Å². The van der Waals surface area contributed by atoms with E-state index in [-0.39, 0.29) is 10.6 Å². The summed E-state index contributed by atoms with van der Waals surface area (Å²) in [5, 5.41) is 0.726. The van der Waals surface area contributed by atoms with E-state index in [9.17, 15) is 12.8 Å². The first-order valence-electron chi connectivity index (χ1n) is 6.71. The van der Waals surface area contributed by atoms with Crippen molar-refractivity contribution in [2.45, 2.75) is 4.90 Å². The lowest BCUT2D eigenvalue weighted by atomic mass is 10.2. The first-order chi connectivity index (χ1) is 11.0. The molecular weight excluding hydrogens is 319 g/mol. The van der Waals surface area contributed by atoms with Crippen LogP contribution in [0.5, 0.6) is 5.75 Å². The fourth-order valence-electron chi connectivity index (χ4n) is 2.20. The summed E-state index contributed by atoms with van der Waals surface area (Å²) in [6.45, 7) is 0. The van der Waals surface area contributed by atoms with E-state index in [1.165, 1.54) is 31.4 Å². The molecule has 0 spiro atoms. The van der Waals surface area contributed by atoms with Gasteiger partial charge in [-0.25, -0.2) is 12.8 Å². The van der Waals surface area contributed by atoms with Crippen LogP contribution in [0.3, 0.4) is 0 Å². The van der Waals surface area contributed by atoms with Crippen molar-refractivity contribution >= 4 is 26.6 Å². The van der Waals surface area contributed by atoms with Crippen molar-refractivity contribution in [3.63, 3.8) is 0 Å². The number of anilines is 1. The third kappa shape index (κ3) is 3.09. The number of sulfonamides is 1. The highest BCUT2D eigenvalue weighted by Gasteiger charge is 2.17. The molecule has 2 aromatic carbocycles. The molecule has 0 radical (unpaired) electrons. The van der Waals surface area contributed by atoms with Gasteiger partial charge >= 0.3 is 0 Å². The van der Waals surface area contributed by atoms with Gasteiger partial charge < -0.3 is 4.74 Å². The van der Waals surface area contributed by atoms with E-state index in [1.54, 1.807) is 24.4 Å². The summed E-state index contributed by atoms with van der Waals surface area (Å²) in [5.41, 5.74) is 0.748. The summed E-state index contributed by atoms with van der Waals surface area (Å²) in [7, 11) is -2.45. The molecule has 0 saturated heterocycles. The molecule has 0 bridgehead atoms. The van der Waals surface area contributed by atoms with Gasteiger partial charge in [0.25, 0.3) is 10.0 Å². The molecular formula is C16H13FN2O3S. The highest BCUT2D eigenvalue weighted by atomic mass is 32.2. The number of methoxy groups -OCH3 is 1. The Kier molecular flexibility index (Phi) is 3.87. The quantitative estimate of drug-likeness (QED) is 0.797. The second-order valence-electron chi connectivity index (χ2n) is 4.81. The zero-order valence-electron chi connectivity index (χ0n) is 12.2. The van der Waals surface area contributed by atoms with Crippen molar-refractivity contribution < 1.29 is 17.5 Å². The topological polar surface area (TPSA) is 68.3 Å². The molecule has 5 nitrogen and oxygen atoms in total. The van der Waals surface area contributed by atoms with Gasteiger partial charge in [0.2, 0.25) is 0 Å². The lowest BCUT2D eigenvalue weighted by Crippen LogP contribution is -2.13. The molecule has 0 unspecified atom stereocenters. The number of benzene rings is 2. The number of hydrogen-bond acceptors (Lipinski definition) is 4. The van der Waals surface area contributed by atoms with E-state index >= 15 is 0 Å². The lowest BCUT2D eigenvalue weighted by Gasteiger charge is -2.12. The molecule has 118 valence electrons. The van der Waals surface area contributed by atoms with Crippen molar-refractivity contribution in [2.24, 2.45) is 0 Å². The van der Waals surface area contributed by atoms with E-state index in [0.29, 0.717) is 11.3 Å². The smallest absolute Gasteiger partial charge is 0.262 e. The fourth-order valence-corrected chi connectivity index (χ4v) is 3.29. The van der Waals surface area contributed by atoms with Crippen molar-refractivity contribution in [3.8, 4) is 5.75 Å². The molecule has 0 aliphatic rings. The number of fused-ring (bicyclic) bond motifs is 1. The zero-order chi connectivity index (χ0) is 16.4. The molecule has 7 heteroatoms. The van der Waals surface area contributed by atoms with Gasteiger partial charge in [-0.1, -0.05) is 12.1 Å². The van der Waals surface area contributed by atoms with Gasteiger partial charge in [0.1, 0.15) is 11.6 Å². The maximum atomic E-state index is 13.3. The van der Waals surface area contributed by atoms with Crippen LogP contribution in [-0.2, 0) is 10.0 Å². The normalized spacial score (nSPS) is 11.4. The molecule has 3 aromatic rings. The molecule has 1 N–H and O–H groups in total. The van der Waals surface area contributed by atoms with Gasteiger partial charge in [0.05, 0.1) is 23.2 Å². The predicted molar refractivity (Wildman–Crippen MR) is 85.5 cm³/mol. The van der Waals surface area contributed by atoms with Crippen molar-refractivity contribution in [1.82, 2.24) is 4.98 Å². The molecule has 0 aliphatic carbocycles. The summed E-state index contributed by atoms with van der Waals surface area (Å²) in [4.78, 5) is 4.03. The number of ether oxygens (including phenoxy) is 1. The Morgan fingerprint density at radius 3 is 2.70 bits per heavy atom. The van der Waals surface area contributed by atoms with Crippen molar-refractivity contribution in [2.75, 3.05) is 11.8 Å². The van der Waals surface area contributed by atoms with Crippen LogP contribution in [0.15, 0.2) is 59.6 Å². The van der Waals surface area contributed by atoms with Gasteiger partial charge in [-0.2, -0.15) is 0 Å². The minimum atomic E-state index is -3.94. The van der Waals surface area contributed by atoms with Crippen molar-refractivity contribution in [1.29, 1.82) is 0 Å². The lowest BCUT2D eigenvalue weighted by molar-refractivity contribution is 0.415. The number of nitrogens with zero attached hydrogens (tertiary/aromatic N) is 1. The maximum Gasteiger partial charge on any atom is 0.262 e. The molecule has 1 heterocycles. The van der Waals surface area contributed by atoms with Crippen LogP contribution in [0.1, 0.15) is 0 Å². The first kappa shape index (κ1) is 15.2. The molecule has 1 aromatic heterocycles. The molecule has 0 saturated carbocycles. The Labute approximate surface area is 132 Å². The number of pyridine rings is 1. The van der Waals surface area contributed by atoms with E-state index in [4.69, 9.17) is 4.74 Å². The molecule has 3 rings (SSSR count). The van der Waals surface area contributed by atoms with Crippen LogP contribution in [-0.4, -0.2) is 20.5 Å². The van der Waals surface area contributed by atoms with Crippen LogP contribution < -0.4 is 9.46 Å². The van der Waals surface area contributed by atoms with Crippen molar-refractivity contribution in [3.05, 3.63) is 60.5 Å². The average Bonchev–Trinajstić information content (AvgIpc) is 2.54. The maximum absolute atomic E-state index is 13.3. The minimum absolute atomic E-state index is 0.163. The minimum Gasteiger partial charge on any atom is -0.497 e. The van der Waals surface area contributed by atoms with E-state index < -0.39 is 15.8 Å². The second kappa shape index (κ2) is 5.85. The van der Waals surface area contributed by atoms with Crippen LogP contribution in [0.2, 0.25) is 0 Å². The molecule has 0 aliphatic heterocycles. The summed E-state index contributed by atoms with van der Waals surface area (Å²) in [6.07, 6.45) is 1.56. The number of halogens is 1. The zero-order valence-corrected chi connectivity index (χ0v) is 13.0. The van der Waals surface area contributed by atoms with E-state index in [1.807, 2.05) is 0 Å². The van der Waals surface area contributed by atoms with Crippen LogP contribution >= 0.6 is 0 Å². The Morgan fingerprint density at radius 1 is 1.13 bits per heavy atom. The first-order valence-corrected chi connectivity index (χ1v) is 8.19. The summed E-state index contributed by atoms with van der Waals surface area (Å²) in [5.74, 6) is -0.135. The Morgan fingerprint density at radius 2 is 1.96 bits per heavy atom. The number of rotatable bonds is 4. The molecule has 23 heavy (non-hydrogen) atoms.